The van der Waals surface area contributed by atoms with E-state index in [1.165, 1.54) is 0 Å². The first kappa shape index (κ1) is 9.68. The van der Waals surface area contributed by atoms with E-state index in [0.717, 1.165) is 11.3 Å². The molecule has 0 aliphatic heterocycles. The van der Waals surface area contributed by atoms with E-state index in [-0.39, 0.29) is 13.4 Å². The lowest BCUT2D eigenvalue weighted by Gasteiger charge is -2.01. The van der Waals surface area contributed by atoms with E-state index in [0.29, 0.717) is 5.82 Å². The zero-order valence-electron chi connectivity index (χ0n) is 6.05. The molecule has 62 valence electrons. The van der Waals surface area contributed by atoms with Crippen molar-refractivity contribution < 1.29 is 0 Å². The summed E-state index contributed by atoms with van der Waals surface area (Å²) < 4.78 is 0. The molecule has 0 spiro atoms. The van der Waals surface area contributed by atoms with Crippen LogP contribution >= 0.6 is 0 Å². The fraction of sp³-hybridized carbons (Fsp3) is 0.429. The van der Waals surface area contributed by atoms with Gasteiger partial charge >= 0.3 is 0 Å². The van der Waals surface area contributed by atoms with Crippen LogP contribution in [-0.2, 0) is 0 Å². The summed E-state index contributed by atoms with van der Waals surface area (Å²) in [6, 6.07) is 0. The van der Waals surface area contributed by atoms with Crippen molar-refractivity contribution in [1.29, 1.82) is 0 Å². The molecule has 1 rings (SSSR count). The predicted octanol–water partition coefficient (Wildman–Crippen LogP) is 0.894. The summed E-state index contributed by atoms with van der Waals surface area (Å²) in [6.45, 7) is 3.72. The third kappa shape index (κ3) is 1.80. The molecule has 4 N–H and O–H groups in total. The SMILES string of the molecule is C.Cc1nc(N)nc(N)c1C. The number of nitrogens with zero attached hydrogens (tertiary/aromatic N) is 2. The van der Waals surface area contributed by atoms with Crippen molar-refractivity contribution in [3.63, 3.8) is 0 Å². The molecule has 1 aromatic heterocycles. The highest BCUT2D eigenvalue weighted by Gasteiger charge is 2.00. The normalized spacial score (nSPS) is 8.91. The third-order valence-electron chi connectivity index (χ3n) is 1.44. The average Bonchev–Trinajstić information content (AvgIpc) is 1.82. The van der Waals surface area contributed by atoms with Gasteiger partial charge < -0.3 is 11.5 Å². The smallest absolute Gasteiger partial charge is 0.222 e. The molecule has 0 aliphatic carbocycles. The van der Waals surface area contributed by atoms with Crippen molar-refractivity contribution in [3.8, 4) is 0 Å². The number of nitrogens with two attached hydrogens (primary N) is 2. The van der Waals surface area contributed by atoms with E-state index < -0.39 is 0 Å². The summed E-state index contributed by atoms with van der Waals surface area (Å²) in [5, 5.41) is 0. The van der Waals surface area contributed by atoms with E-state index in [9.17, 15) is 0 Å². The molecule has 0 aromatic carbocycles. The van der Waals surface area contributed by atoms with Crippen molar-refractivity contribution in [3.05, 3.63) is 11.3 Å². The first-order chi connectivity index (χ1) is 4.61. The monoisotopic (exact) mass is 154 g/mol. The highest BCUT2D eigenvalue weighted by atomic mass is 15.0. The van der Waals surface area contributed by atoms with Crippen molar-refractivity contribution in [2.24, 2.45) is 0 Å². The molecule has 0 radical (unpaired) electrons. The molecule has 4 heteroatoms. The Morgan fingerprint density at radius 3 is 2.09 bits per heavy atom. The van der Waals surface area contributed by atoms with Gasteiger partial charge in [0.05, 0.1) is 0 Å². The second kappa shape index (κ2) is 3.18. The lowest BCUT2D eigenvalue weighted by molar-refractivity contribution is 1.09. The number of aryl methyl sites for hydroxylation is 1. The minimum atomic E-state index is 0. The van der Waals surface area contributed by atoms with E-state index in [1.807, 2.05) is 13.8 Å². The summed E-state index contributed by atoms with van der Waals surface area (Å²) >= 11 is 0. The Labute approximate surface area is 66.7 Å². The van der Waals surface area contributed by atoms with Gasteiger partial charge in [0.1, 0.15) is 5.82 Å². The van der Waals surface area contributed by atoms with E-state index in [4.69, 9.17) is 11.5 Å². The van der Waals surface area contributed by atoms with Crippen LogP contribution in [0.5, 0.6) is 0 Å². The van der Waals surface area contributed by atoms with Gasteiger partial charge in [0.15, 0.2) is 0 Å². The molecule has 0 unspecified atom stereocenters. The molecule has 1 aromatic rings. The Bertz CT molecular complexity index is 234. The van der Waals surface area contributed by atoms with Gasteiger partial charge in [-0.3, -0.25) is 0 Å². The maximum Gasteiger partial charge on any atom is 0.222 e. The number of anilines is 2. The highest BCUT2D eigenvalue weighted by Crippen LogP contribution is 2.10. The van der Waals surface area contributed by atoms with Gasteiger partial charge in [-0.15, -0.1) is 0 Å². The van der Waals surface area contributed by atoms with Crippen molar-refractivity contribution in [2.75, 3.05) is 11.5 Å². The van der Waals surface area contributed by atoms with Crippen molar-refractivity contribution in [1.82, 2.24) is 9.97 Å². The summed E-state index contributed by atoms with van der Waals surface area (Å²) in [5.74, 6) is 0.700. The highest BCUT2D eigenvalue weighted by molar-refractivity contribution is 5.44. The van der Waals surface area contributed by atoms with Crippen LogP contribution in [0.1, 0.15) is 18.7 Å². The van der Waals surface area contributed by atoms with Crippen molar-refractivity contribution in [2.45, 2.75) is 21.3 Å². The molecule has 0 bridgehead atoms. The van der Waals surface area contributed by atoms with Gasteiger partial charge in [0.25, 0.3) is 0 Å². The minimum Gasteiger partial charge on any atom is -0.383 e. The molecular weight excluding hydrogens is 140 g/mol. The standard InChI is InChI=1S/C6H10N4.CH4/c1-3-4(2)9-6(8)10-5(3)7;/h1-2H3,(H4,7,8,9,10);1H4. The average molecular weight is 154 g/mol. The van der Waals surface area contributed by atoms with Gasteiger partial charge in [-0.05, 0) is 13.8 Å². The summed E-state index contributed by atoms with van der Waals surface area (Å²) in [4.78, 5) is 7.70. The van der Waals surface area contributed by atoms with E-state index in [2.05, 4.69) is 9.97 Å². The van der Waals surface area contributed by atoms with Gasteiger partial charge in [0, 0.05) is 11.3 Å². The topological polar surface area (TPSA) is 77.8 Å². The van der Waals surface area contributed by atoms with Gasteiger partial charge in [-0.25, -0.2) is 4.98 Å². The molecule has 0 aliphatic rings. The Balaban J connectivity index is 0.000001000. The second-order valence-electron chi connectivity index (χ2n) is 2.18. The van der Waals surface area contributed by atoms with Gasteiger partial charge in [-0.1, -0.05) is 7.43 Å². The Morgan fingerprint density at radius 2 is 1.64 bits per heavy atom. The first-order valence-electron chi connectivity index (χ1n) is 2.97. The molecule has 4 nitrogen and oxygen atoms in total. The predicted molar refractivity (Wildman–Crippen MR) is 47.1 cm³/mol. The molecule has 0 fully saturated rings. The second-order valence-corrected chi connectivity index (χ2v) is 2.18. The molecule has 0 saturated carbocycles. The van der Waals surface area contributed by atoms with Crippen molar-refractivity contribution >= 4 is 11.8 Å². The van der Waals surface area contributed by atoms with Crippen LogP contribution in [0.2, 0.25) is 0 Å². The fourth-order valence-corrected chi connectivity index (χ4v) is 0.673. The third-order valence-corrected chi connectivity index (χ3v) is 1.44. The zero-order chi connectivity index (χ0) is 7.72. The maximum atomic E-state index is 5.49. The minimum absolute atomic E-state index is 0. The quantitative estimate of drug-likeness (QED) is 0.581. The van der Waals surface area contributed by atoms with Crippen LogP contribution in [0.25, 0.3) is 0 Å². The van der Waals surface area contributed by atoms with Gasteiger partial charge in [-0.2, -0.15) is 4.98 Å². The molecule has 11 heavy (non-hydrogen) atoms. The molecule has 1 heterocycles. The Morgan fingerprint density at radius 1 is 1.09 bits per heavy atom. The van der Waals surface area contributed by atoms with Crippen LogP contribution in [-0.4, -0.2) is 9.97 Å². The van der Waals surface area contributed by atoms with Crippen LogP contribution in [0, 0.1) is 13.8 Å². The largest absolute Gasteiger partial charge is 0.383 e. The molecule has 0 saturated heterocycles. The van der Waals surface area contributed by atoms with Crippen LogP contribution < -0.4 is 11.5 Å². The van der Waals surface area contributed by atoms with E-state index in [1.54, 1.807) is 0 Å². The lowest BCUT2D eigenvalue weighted by Crippen LogP contribution is -2.03. The summed E-state index contributed by atoms with van der Waals surface area (Å²) in [5.41, 5.74) is 12.6. The lowest BCUT2D eigenvalue weighted by atomic mass is 10.2. The molecule has 0 atom stereocenters. The number of rotatable bonds is 0. The molecular formula is C7H14N4. The van der Waals surface area contributed by atoms with E-state index >= 15 is 0 Å². The summed E-state index contributed by atoms with van der Waals surface area (Å²) in [6.07, 6.45) is 0. The number of hydrogen-bond donors (Lipinski definition) is 2. The zero-order valence-corrected chi connectivity index (χ0v) is 6.05. The number of nitrogen functional groups attached to an aromatic ring is 2. The maximum absolute atomic E-state index is 5.49. The van der Waals surface area contributed by atoms with Gasteiger partial charge in [0.2, 0.25) is 5.95 Å². The Hall–Kier alpha value is -1.32. The number of aromatic nitrogens is 2. The van der Waals surface area contributed by atoms with Crippen LogP contribution in [0.15, 0.2) is 0 Å². The number of hydrogen-bond acceptors (Lipinski definition) is 4. The molecule has 0 amide bonds. The first-order valence-corrected chi connectivity index (χ1v) is 2.97. The Kier molecular flexibility index (Phi) is 2.80. The van der Waals surface area contributed by atoms with Crippen LogP contribution in [0.4, 0.5) is 11.8 Å². The fourth-order valence-electron chi connectivity index (χ4n) is 0.673. The van der Waals surface area contributed by atoms with Crippen LogP contribution in [0.3, 0.4) is 0 Å². The summed E-state index contributed by atoms with van der Waals surface area (Å²) in [7, 11) is 0.